The van der Waals surface area contributed by atoms with E-state index < -0.39 is 0 Å². The third-order valence-corrected chi connectivity index (χ3v) is 5.26. The van der Waals surface area contributed by atoms with Gasteiger partial charge in [-0.05, 0) is 24.3 Å². The number of hydrogen-bond acceptors (Lipinski definition) is 6. The number of nitrogens with zero attached hydrogens (tertiary/aromatic N) is 2. The first-order valence-electron chi connectivity index (χ1n) is 9.26. The molecule has 0 aliphatic carbocycles. The zero-order valence-corrected chi connectivity index (χ0v) is 17.5. The van der Waals surface area contributed by atoms with E-state index >= 15 is 0 Å². The van der Waals surface area contributed by atoms with Gasteiger partial charge in [-0.2, -0.15) is 0 Å². The van der Waals surface area contributed by atoms with Crippen molar-refractivity contribution in [2.45, 2.75) is 6.54 Å². The fraction of sp³-hybridized carbons (Fsp3) is 0.381. The number of carbonyl (C=O) groups excluding carboxylic acids is 1. The molecule has 0 radical (unpaired) electrons. The number of hydrogen-bond donors (Lipinski definition) is 1. The van der Waals surface area contributed by atoms with Crippen LogP contribution in [-0.4, -0.2) is 68.3 Å². The van der Waals surface area contributed by atoms with E-state index in [0.717, 1.165) is 5.56 Å². The van der Waals surface area contributed by atoms with Crippen molar-refractivity contribution in [3.8, 4) is 23.0 Å². The average Bonchev–Trinajstić information content (AvgIpc) is 2.75. The highest BCUT2D eigenvalue weighted by Gasteiger charge is 2.25. The van der Waals surface area contributed by atoms with Gasteiger partial charge in [-0.1, -0.05) is 17.7 Å². The fourth-order valence-corrected chi connectivity index (χ4v) is 3.66. The molecule has 2 aromatic carbocycles. The van der Waals surface area contributed by atoms with Gasteiger partial charge < -0.3 is 24.2 Å². The summed E-state index contributed by atoms with van der Waals surface area (Å²) in [5.41, 5.74) is 1.21. The zero-order chi connectivity index (χ0) is 21.0. The highest BCUT2D eigenvalue weighted by atomic mass is 35.5. The van der Waals surface area contributed by atoms with E-state index in [1.54, 1.807) is 32.3 Å². The van der Waals surface area contributed by atoms with E-state index in [-0.39, 0.29) is 17.2 Å². The van der Waals surface area contributed by atoms with Crippen LogP contribution in [0.25, 0.3) is 0 Å². The zero-order valence-electron chi connectivity index (χ0n) is 16.8. The summed E-state index contributed by atoms with van der Waals surface area (Å²) in [5.74, 6) is 1.56. The lowest BCUT2D eigenvalue weighted by atomic mass is 10.1. The third kappa shape index (κ3) is 4.52. The van der Waals surface area contributed by atoms with Crippen LogP contribution in [0.1, 0.15) is 15.9 Å². The SMILES string of the molecule is COc1ccc(CN2CCN(C(=O)c3cc(Cl)ccc3O)CC2)c(OC)c1OC. The first kappa shape index (κ1) is 21.1. The quantitative estimate of drug-likeness (QED) is 0.774. The van der Waals surface area contributed by atoms with Crippen molar-refractivity contribution in [2.75, 3.05) is 47.5 Å². The molecule has 0 unspecified atom stereocenters. The largest absolute Gasteiger partial charge is 0.507 e. The van der Waals surface area contributed by atoms with Crippen LogP contribution in [0.3, 0.4) is 0 Å². The molecule has 1 fully saturated rings. The fourth-order valence-electron chi connectivity index (χ4n) is 3.49. The summed E-state index contributed by atoms with van der Waals surface area (Å²) >= 11 is 5.97. The van der Waals surface area contributed by atoms with Gasteiger partial charge in [0.25, 0.3) is 5.91 Å². The van der Waals surface area contributed by atoms with Gasteiger partial charge >= 0.3 is 0 Å². The molecule has 1 saturated heterocycles. The molecule has 1 aliphatic rings. The van der Waals surface area contributed by atoms with Crippen LogP contribution >= 0.6 is 11.6 Å². The van der Waals surface area contributed by atoms with Gasteiger partial charge in [-0.25, -0.2) is 0 Å². The molecule has 0 saturated carbocycles. The van der Waals surface area contributed by atoms with E-state index in [2.05, 4.69) is 4.90 Å². The number of halogens is 1. The predicted molar refractivity (Wildman–Crippen MR) is 110 cm³/mol. The van der Waals surface area contributed by atoms with E-state index in [1.165, 1.54) is 12.1 Å². The molecule has 1 amide bonds. The van der Waals surface area contributed by atoms with Crippen LogP contribution < -0.4 is 14.2 Å². The molecule has 2 aromatic rings. The molecule has 0 atom stereocenters. The Balaban J connectivity index is 1.67. The Morgan fingerprint density at radius 3 is 2.31 bits per heavy atom. The van der Waals surface area contributed by atoms with Gasteiger partial charge in [0.05, 0.1) is 26.9 Å². The molecular weight excluding hydrogens is 396 g/mol. The van der Waals surface area contributed by atoms with Crippen molar-refractivity contribution in [3.05, 3.63) is 46.5 Å². The summed E-state index contributed by atoms with van der Waals surface area (Å²) in [6.45, 7) is 3.17. The maximum atomic E-state index is 12.7. The van der Waals surface area contributed by atoms with E-state index in [4.69, 9.17) is 25.8 Å². The van der Waals surface area contributed by atoms with Crippen molar-refractivity contribution >= 4 is 17.5 Å². The summed E-state index contributed by atoms with van der Waals surface area (Å²) in [7, 11) is 4.78. The minimum atomic E-state index is -0.214. The first-order valence-corrected chi connectivity index (χ1v) is 9.64. The van der Waals surface area contributed by atoms with Gasteiger partial charge in [0, 0.05) is 43.3 Å². The second kappa shape index (κ2) is 9.24. The lowest BCUT2D eigenvalue weighted by molar-refractivity contribution is 0.0624. The number of piperazine rings is 1. The van der Waals surface area contributed by atoms with Crippen LogP contribution in [-0.2, 0) is 6.54 Å². The number of rotatable bonds is 6. The average molecular weight is 421 g/mol. The molecule has 0 spiro atoms. The number of aromatic hydroxyl groups is 1. The van der Waals surface area contributed by atoms with Gasteiger partial charge in [-0.15, -0.1) is 0 Å². The standard InChI is InChI=1S/C21H25ClN2O5/c1-27-18-7-4-14(19(28-2)20(18)29-3)13-23-8-10-24(11-9-23)21(26)16-12-15(22)5-6-17(16)25/h4-7,12,25H,8-11,13H2,1-3H3. The molecule has 29 heavy (non-hydrogen) atoms. The predicted octanol–water partition coefficient (Wildman–Crippen LogP) is 3.03. The maximum absolute atomic E-state index is 12.7. The molecule has 1 N–H and O–H groups in total. The van der Waals surface area contributed by atoms with E-state index in [9.17, 15) is 9.90 Å². The molecule has 3 rings (SSSR count). The smallest absolute Gasteiger partial charge is 0.257 e. The molecule has 0 bridgehead atoms. The number of ether oxygens (including phenoxy) is 3. The van der Waals surface area contributed by atoms with Crippen molar-refractivity contribution < 1.29 is 24.1 Å². The Morgan fingerprint density at radius 2 is 1.69 bits per heavy atom. The topological polar surface area (TPSA) is 71.5 Å². The van der Waals surface area contributed by atoms with Gasteiger partial charge in [0.1, 0.15) is 5.75 Å². The summed E-state index contributed by atoms with van der Waals surface area (Å²) in [6, 6.07) is 8.32. The number of phenolic OH excluding ortho intramolecular Hbond substituents is 1. The number of benzene rings is 2. The van der Waals surface area contributed by atoms with E-state index in [0.29, 0.717) is 55.0 Å². The molecule has 0 aromatic heterocycles. The Labute approximate surface area is 175 Å². The lowest BCUT2D eigenvalue weighted by Crippen LogP contribution is -2.48. The monoisotopic (exact) mass is 420 g/mol. The van der Waals surface area contributed by atoms with Crippen molar-refractivity contribution in [3.63, 3.8) is 0 Å². The maximum Gasteiger partial charge on any atom is 0.257 e. The van der Waals surface area contributed by atoms with Crippen LogP contribution in [0.5, 0.6) is 23.0 Å². The number of carbonyl (C=O) groups is 1. The van der Waals surface area contributed by atoms with Crippen molar-refractivity contribution in [1.29, 1.82) is 0 Å². The van der Waals surface area contributed by atoms with Crippen molar-refractivity contribution in [2.24, 2.45) is 0 Å². The summed E-state index contributed by atoms with van der Waals surface area (Å²) in [4.78, 5) is 16.7. The van der Waals surface area contributed by atoms with Gasteiger partial charge in [-0.3, -0.25) is 9.69 Å². The summed E-state index contributed by atoms with van der Waals surface area (Å²) < 4.78 is 16.3. The molecule has 1 aliphatic heterocycles. The molecule has 156 valence electrons. The second-order valence-electron chi connectivity index (χ2n) is 6.72. The molecule has 1 heterocycles. The number of amides is 1. The number of phenols is 1. The third-order valence-electron chi connectivity index (χ3n) is 5.03. The molecule has 7 nitrogen and oxygen atoms in total. The summed E-state index contributed by atoms with van der Waals surface area (Å²) in [5, 5.41) is 10.4. The van der Waals surface area contributed by atoms with Crippen LogP contribution in [0.15, 0.2) is 30.3 Å². The minimum absolute atomic E-state index is 0.0584. The van der Waals surface area contributed by atoms with Crippen LogP contribution in [0.2, 0.25) is 5.02 Å². The van der Waals surface area contributed by atoms with E-state index in [1.807, 2.05) is 12.1 Å². The normalized spacial score (nSPS) is 14.6. The highest BCUT2D eigenvalue weighted by molar-refractivity contribution is 6.31. The highest BCUT2D eigenvalue weighted by Crippen LogP contribution is 2.40. The van der Waals surface area contributed by atoms with Crippen LogP contribution in [0, 0.1) is 0 Å². The Bertz CT molecular complexity index is 882. The van der Waals surface area contributed by atoms with Gasteiger partial charge in [0.2, 0.25) is 5.75 Å². The Kier molecular flexibility index (Phi) is 6.71. The molecular formula is C21H25ClN2O5. The van der Waals surface area contributed by atoms with Crippen molar-refractivity contribution in [1.82, 2.24) is 9.80 Å². The number of methoxy groups -OCH3 is 3. The Morgan fingerprint density at radius 1 is 1.00 bits per heavy atom. The van der Waals surface area contributed by atoms with Crippen LogP contribution in [0.4, 0.5) is 0 Å². The molecule has 8 heteroatoms. The minimum Gasteiger partial charge on any atom is -0.507 e. The van der Waals surface area contributed by atoms with Gasteiger partial charge in [0.15, 0.2) is 11.5 Å². The summed E-state index contributed by atoms with van der Waals surface area (Å²) in [6.07, 6.45) is 0. The first-order chi connectivity index (χ1) is 14.0. The Hall–Kier alpha value is -2.64. The second-order valence-corrected chi connectivity index (χ2v) is 7.16. The lowest BCUT2D eigenvalue weighted by Gasteiger charge is -2.35.